The quantitative estimate of drug-likeness (QED) is 0.463. The Morgan fingerprint density at radius 2 is 2.19 bits per heavy atom. The fourth-order valence-electron chi connectivity index (χ4n) is 3.74. The normalized spacial score (nSPS) is 25.9. The van der Waals surface area contributed by atoms with Crippen LogP contribution in [0, 0.1) is 17.2 Å². The van der Waals surface area contributed by atoms with Crippen molar-refractivity contribution >= 4 is 38.8 Å². The molecular formula is C21H19BrN2O2S. The van der Waals surface area contributed by atoms with Crippen LogP contribution in [0.15, 0.2) is 45.8 Å². The lowest BCUT2D eigenvalue weighted by Crippen LogP contribution is -2.28. The maximum absolute atomic E-state index is 12.4. The Kier molecular flexibility index (Phi) is 5.42. The number of carbonyl (C=O) groups is 1. The third kappa shape index (κ3) is 3.99. The first-order chi connectivity index (χ1) is 13.1. The Balaban J connectivity index is 1.59. The molecule has 6 heteroatoms. The van der Waals surface area contributed by atoms with Crippen LogP contribution in [0.4, 0.5) is 0 Å². The number of halogens is 1. The van der Waals surface area contributed by atoms with E-state index in [-0.39, 0.29) is 12.1 Å². The first kappa shape index (κ1) is 18.4. The highest BCUT2D eigenvalue weighted by Crippen LogP contribution is 2.35. The topological polar surface area (TPSA) is 63.0 Å². The molecule has 0 amide bonds. The Labute approximate surface area is 171 Å². The van der Waals surface area contributed by atoms with Gasteiger partial charge in [-0.1, -0.05) is 47.3 Å². The van der Waals surface area contributed by atoms with E-state index in [0.717, 1.165) is 22.9 Å². The molecule has 27 heavy (non-hydrogen) atoms. The summed E-state index contributed by atoms with van der Waals surface area (Å²) in [6, 6.07) is 2.30. The largest absolute Gasteiger partial charge is 0.452 e. The van der Waals surface area contributed by atoms with Crippen molar-refractivity contribution in [3.05, 3.63) is 56.5 Å². The first-order valence-electron chi connectivity index (χ1n) is 9.19. The highest BCUT2D eigenvalue weighted by Gasteiger charge is 2.32. The smallest absolute Gasteiger partial charge is 0.319 e. The molecule has 3 aliphatic rings. The minimum Gasteiger partial charge on any atom is -0.452 e. The van der Waals surface area contributed by atoms with E-state index in [9.17, 15) is 10.1 Å². The van der Waals surface area contributed by atoms with Gasteiger partial charge < -0.3 is 4.74 Å². The molecule has 0 bridgehead atoms. The minimum atomic E-state index is -0.529. The number of carbonyl (C=O) groups excluding carboxylic acids is 1. The van der Waals surface area contributed by atoms with Crippen LogP contribution in [0.25, 0.3) is 5.57 Å². The molecule has 138 valence electrons. The summed E-state index contributed by atoms with van der Waals surface area (Å²) in [4.78, 5) is 17.1. The molecule has 1 aliphatic heterocycles. The second kappa shape index (κ2) is 7.95. The lowest BCUT2D eigenvalue weighted by Gasteiger charge is -2.26. The molecule has 4 nitrogen and oxygen atoms in total. The van der Waals surface area contributed by atoms with Crippen molar-refractivity contribution in [2.24, 2.45) is 5.92 Å². The maximum Gasteiger partial charge on any atom is 0.319 e. The molecule has 0 saturated heterocycles. The Bertz CT molecular complexity index is 913. The molecule has 0 radical (unpaired) electrons. The van der Waals surface area contributed by atoms with Crippen LogP contribution in [0.1, 0.15) is 48.7 Å². The van der Waals surface area contributed by atoms with Crippen LogP contribution in [0.5, 0.6) is 0 Å². The van der Waals surface area contributed by atoms with Crippen LogP contribution >= 0.6 is 27.3 Å². The molecule has 0 N–H and O–H groups in total. The lowest BCUT2D eigenvalue weighted by atomic mass is 9.88. The molecule has 1 aromatic heterocycles. The number of fused-ring (bicyclic) bond motifs is 1. The van der Waals surface area contributed by atoms with Gasteiger partial charge in [-0.2, -0.15) is 5.26 Å². The third-order valence-electron chi connectivity index (χ3n) is 5.16. The second-order valence-electron chi connectivity index (χ2n) is 7.06. The van der Waals surface area contributed by atoms with Crippen LogP contribution < -0.4 is 0 Å². The summed E-state index contributed by atoms with van der Waals surface area (Å²) in [6.07, 6.45) is 15.4. The molecule has 2 heterocycles. The number of allylic oxidation sites excluding steroid dienone is 4. The number of esters is 1. The van der Waals surface area contributed by atoms with Crippen LogP contribution in [-0.4, -0.2) is 17.1 Å². The molecular weight excluding hydrogens is 424 g/mol. The van der Waals surface area contributed by atoms with E-state index in [1.54, 1.807) is 0 Å². The standard InChI is InChI=1S/C21H19BrN2O2S/c22-16-6-7-19-14(9-16)10-17(21(25)26-19)18-12-27-20(24-18)15(11-23)8-13-4-2-1-3-5-13/h6-10,12-13,17,19H,1-5H2. The monoisotopic (exact) mass is 442 g/mol. The Morgan fingerprint density at radius 1 is 1.37 bits per heavy atom. The summed E-state index contributed by atoms with van der Waals surface area (Å²) in [7, 11) is 0. The number of thiazole rings is 1. The van der Waals surface area contributed by atoms with Crippen molar-refractivity contribution in [1.82, 2.24) is 4.98 Å². The number of hydrogen-bond donors (Lipinski definition) is 0. The van der Waals surface area contributed by atoms with E-state index in [4.69, 9.17) is 4.74 Å². The highest BCUT2D eigenvalue weighted by molar-refractivity contribution is 9.11. The minimum absolute atomic E-state index is 0.300. The third-order valence-corrected chi connectivity index (χ3v) is 6.55. The number of nitrogens with zero attached hydrogens (tertiary/aromatic N) is 2. The number of nitriles is 1. The fraction of sp³-hybridized carbons (Fsp3) is 0.381. The van der Waals surface area contributed by atoms with Crippen molar-refractivity contribution < 1.29 is 9.53 Å². The average Bonchev–Trinajstić information content (AvgIpc) is 3.16. The maximum atomic E-state index is 12.4. The van der Waals surface area contributed by atoms with Gasteiger partial charge in [-0.25, -0.2) is 4.98 Å². The predicted octanol–water partition coefficient (Wildman–Crippen LogP) is 5.41. The SMILES string of the molecule is N#CC(=CC1CCCCC1)c1nc(C2C=C3C=C(Br)C=CC3OC2=O)cs1. The molecule has 0 aromatic carbocycles. The summed E-state index contributed by atoms with van der Waals surface area (Å²) in [6.45, 7) is 0. The first-order valence-corrected chi connectivity index (χ1v) is 10.9. The van der Waals surface area contributed by atoms with Gasteiger partial charge in [0.05, 0.1) is 11.3 Å². The van der Waals surface area contributed by atoms with Gasteiger partial charge in [-0.3, -0.25) is 4.79 Å². The van der Waals surface area contributed by atoms with Crippen molar-refractivity contribution in [3.8, 4) is 6.07 Å². The van der Waals surface area contributed by atoms with Gasteiger partial charge in [-0.15, -0.1) is 11.3 Å². The van der Waals surface area contributed by atoms with E-state index in [1.165, 1.54) is 30.6 Å². The lowest BCUT2D eigenvalue weighted by molar-refractivity contribution is -0.147. The van der Waals surface area contributed by atoms with E-state index in [2.05, 4.69) is 33.1 Å². The number of hydrogen-bond acceptors (Lipinski definition) is 5. The van der Waals surface area contributed by atoms with Crippen molar-refractivity contribution in [3.63, 3.8) is 0 Å². The van der Waals surface area contributed by atoms with E-state index in [0.29, 0.717) is 22.2 Å². The summed E-state index contributed by atoms with van der Waals surface area (Å²) in [5.74, 6) is -0.370. The summed E-state index contributed by atoms with van der Waals surface area (Å²) in [5.41, 5.74) is 2.22. The zero-order valence-electron chi connectivity index (χ0n) is 14.7. The summed E-state index contributed by atoms with van der Waals surface area (Å²) >= 11 is 4.88. The Hall–Kier alpha value is -1.97. The molecule has 2 atom stereocenters. The second-order valence-corrected chi connectivity index (χ2v) is 8.83. The Morgan fingerprint density at radius 3 is 2.96 bits per heavy atom. The van der Waals surface area contributed by atoms with Crippen molar-refractivity contribution in [1.29, 1.82) is 5.26 Å². The summed E-state index contributed by atoms with van der Waals surface area (Å²) < 4.78 is 6.50. The van der Waals surface area contributed by atoms with E-state index >= 15 is 0 Å². The van der Waals surface area contributed by atoms with Gasteiger partial charge in [0.2, 0.25) is 0 Å². The van der Waals surface area contributed by atoms with Gasteiger partial charge in [0.15, 0.2) is 0 Å². The van der Waals surface area contributed by atoms with Gasteiger partial charge in [0.1, 0.15) is 23.1 Å². The summed E-state index contributed by atoms with van der Waals surface area (Å²) in [5, 5.41) is 12.1. The molecule has 1 saturated carbocycles. The molecule has 1 aromatic rings. The molecule has 2 unspecified atom stereocenters. The van der Waals surface area contributed by atoms with Crippen molar-refractivity contribution in [2.75, 3.05) is 0 Å². The van der Waals surface area contributed by atoms with Gasteiger partial charge >= 0.3 is 5.97 Å². The zero-order chi connectivity index (χ0) is 18.8. The molecule has 0 spiro atoms. The van der Waals surface area contributed by atoms with Crippen LogP contribution in [0.3, 0.4) is 0 Å². The van der Waals surface area contributed by atoms with E-state index < -0.39 is 5.92 Å². The highest BCUT2D eigenvalue weighted by atomic mass is 79.9. The molecule has 1 fully saturated rings. The number of ether oxygens (including phenoxy) is 1. The number of aromatic nitrogens is 1. The molecule has 2 aliphatic carbocycles. The average molecular weight is 443 g/mol. The van der Waals surface area contributed by atoms with Gasteiger partial charge in [-0.05, 0) is 42.6 Å². The predicted molar refractivity (Wildman–Crippen MR) is 109 cm³/mol. The van der Waals surface area contributed by atoms with E-state index in [1.807, 2.05) is 29.7 Å². The van der Waals surface area contributed by atoms with Crippen molar-refractivity contribution in [2.45, 2.75) is 44.1 Å². The van der Waals surface area contributed by atoms with Crippen LogP contribution in [-0.2, 0) is 9.53 Å². The number of rotatable bonds is 3. The zero-order valence-corrected chi connectivity index (χ0v) is 17.1. The van der Waals surface area contributed by atoms with Gasteiger partial charge in [0, 0.05) is 9.86 Å². The van der Waals surface area contributed by atoms with Gasteiger partial charge in [0.25, 0.3) is 0 Å². The van der Waals surface area contributed by atoms with Crippen LogP contribution in [0.2, 0.25) is 0 Å². The molecule has 4 rings (SSSR count). The fourth-order valence-corrected chi connectivity index (χ4v) is 4.99.